The van der Waals surface area contributed by atoms with E-state index in [1.54, 1.807) is 36.4 Å². The number of hydrogen-bond acceptors (Lipinski definition) is 5. The fraction of sp³-hybridized carbons (Fsp3) is 0.310. The predicted molar refractivity (Wildman–Crippen MR) is 156 cm³/mol. The molecule has 3 aromatic rings. The number of nitrogens with one attached hydrogen (secondary N) is 1. The van der Waals surface area contributed by atoms with Crippen LogP contribution in [0.5, 0.6) is 5.75 Å². The number of likely N-dealkylation sites (N-methyl/N-ethyl adjacent to an activating group) is 1. The van der Waals surface area contributed by atoms with Crippen LogP contribution >= 0.6 is 15.9 Å². The minimum absolute atomic E-state index is 0.0379. The van der Waals surface area contributed by atoms with Gasteiger partial charge in [-0.3, -0.25) is 13.9 Å². The van der Waals surface area contributed by atoms with Crippen LogP contribution in [-0.4, -0.2) is 51.4 Å². The lowest BCUT2D eigenvalue weighted by atomic mass is 10.1. The maximum atomic E-state index is 13.9. The summed E-state index contributed by atoms with van der Waals surface area (Å²) in [7, 11) is -2.62. The van der Waals surface area contributed by atoms with Gasteiger partial charge in [0.2, 0.25) is 11.8 Å². The maximum absolute atomic E-state index is 13.9. The molecule has 0 unspecified atom stereocenters. The number of amides is 2. The van der Waals surface area contributed by atoms with Gasteiger partial charge in [-0.15, -0.1) is 0 Å². The maximum Gasteiger partial charge on any atom is 0.264 e. The van der Waals surface area contributed by atoms with Crippen LogP contribution in [0.25, 0.3) is 0 Å². The van der Waals surface area contributed by atoms with Gasteiger partial charge in [0, 0.05) is 18.1 Å². The van der Waals surface area contributed by atoms with Crippen LogP contribution in [0.4, 0.5) is 5.69 Å². The van der Waals surface area contributed by atoms with E-state index in [2.05, 4.69) is 21.2 Å². The molecule has 3 rings (SSSR count). The Morgan fingerprint density at radius 2 is 1.67 bits per heavy atom. The van der Waals surface area contributed by atoms with Gasteiger partial charge >= 0.3 is 0 Å². The third-order valence-corrected chi connectivity index (χ3v) is 8.50. The molecule has 0 aliphatic heterocycles. The summed E-state index contributed by atoms with van der Waals surface area (Å²) < 4.78 is 35.1. The summed E-state index contributed by atoms with van der Waals surface area (Å²) in [5.74, 6) is -0.233. The van der Waals surface area contributed by atoms with Crippen molar-refractivity contribution in [3.8, 4) is 5.75 Å². The van der Waals surface area contributed by atoms with Crippen LogP contribution in [0.15, 0.2) is 82.2 Å². The second-order valence-electron chi connectivity index (χ2n) is 8.94. The van der Waals surface area contributed by atoms with Crippen molar-refractivity contribution in [2.45, 2.75) is 44.7 Å². The fourth-order valence-corrected chi connectivity index (χ4v) is 5.91. The summed E-state index contributed by atoms with van der Waals surface area (Å²) in [6.45, 7) is 5.75. The first-order valence-electron chi connectivity index (χ1n) is 12.7. The minimum atomic E-state index is -4.14. The molecule has 3 aromatic carbocycles. The molecule has 8 nitrogen and oxygen atoms in total. The summed E-state index contributed by atoms with van der Waals surface area (Å²) in [5.41, 5.74) is 2.16. The molecule has 0 bridgehead atoms. The van der Waals surface area contributed by atoms with Crippen LogP contribution in [0.3, 0.4) is 0 Å². The Morgan fingerprint density at radius 1 is 1.00 bits per heavy atom. The molecule has 0 saturated heterocycles. The highest BCUT2D eigenvalue weighted by atomic mass is 79.9. The average molecular weight is 617 g/mol. The first kappa shape index (κ1) is 30.2. The third kappa shape index (κ3) is 7.60. The summed E-state index contributed by atoms with van der Waals surface area (Å²) in [4.78, 5) is 28.2. The van der Waals surface area contributed by atoms with Crippen molar-refractivity contribution in [3.05, 3.63) is 88.4 Å². The number of sulfonamides is 1. The lowest BCUT2D eigenvalue weighted by Gasteiger charge is -2.33. The van der Waals surface area contributed by atoms with E-state index in [0.29, 0.717) is 24.5 Å². The van der Waals surface area contributed by atoms with Crippen LogP contribution in [0, 0.1) is 6.92 Å². The van der Waals surface area contributed by atoms with Gasteiger partial charge < -0.3 is 15.0 Å². The van der Waals surface area contributed by atoms with E-state index in [9.17, 15) is 18.0 Å². The molecular weight excluding hydrogens is 582 g/mol. The number of aryl methyl sites for hydroxylation is 1. The molecule has 0 aliphatic carbocycles. The van der Waals surface area contributed by atoms with Crippen molar-refractivity contribution in [1.29, 1.82) is 0 Å². The Morgan fingerprint density at radius 3 is 2.23 bits per heavy atom. The molecule has 0 aliphatic rings. The van der Waals surface area contributed by atoms with E-state index in [0.717, 1.165) is 19.9 Å². The standard InChI is InChI=1S/C29H34BrN3O5S/c1-5-27(29(35)31-4)32(19-22-9-7-8-21(3)18-22)28(34)20-33(24-12-14-25(15-13-24)38-6-2)39(36,37)26-16-10-23(30)11-17-26/h7-18,27H,5-6,19-20H2,1-4H3,(H,31,35)/t27-/m1/s1. The van der Waals surface area contributed by atoms with E-state index in [-0.39, 0.29) is 17.3 Å². The van der Waals surface area contributed by atoms with Crippen LogP contribution < -0.4 is 14.4 Å². The van der Waals surface area contributed by atoms with Crippen molar-refractivity contribution in [3.63, 3.8) is 0 Å². The van der Waals surface area contributed by atoms with Gasteiger partial charge in [0.05, 0.1) is 17.2 Å². The molecule has 0 aromatic heterocycles. The Balaban J connectivity index is 2.06. The molecule has 39 heavy (non-hydrogen) atoms. The van der Waals surface area contributed by atoms with Crippen LogP contribution in [0.1, 0.15) is 31.4 Å². The van der Waals surface area contributed by atoms with E-state index in [1.807, 2.05) is 45.0 Å². The van der Waals surface area contributed by atoms with E-state index in [1.165, 1.54) is 24.1 Å². The number of halogens is 1. The quantitative estimate of drug-likeness (QED) is 0.312. The summed E-state index contributed by atoms with van der Waals surface area (Å²) in [6, 6.07) is 19.7. The molecular formula is C29H34BrN3O5S. The number of rotatable bonds is 12. The first-order chi connectivity index (χ1) is 18.6. The van der Waals surface area contributed by atoms with Crippen LogP contribution in [0.2, 0.25) is 0 Å². The summed E-state index contributed by atoms with van der Waals surface area (Å²) in [6.07, 6.45) is 0.361. The summed E-state index contributed by atoms with van der Waals surface area (Å²) >= 11 is 3.34. The van der Waals surface area contributed by atoms with Crippen molar-refractivity contribution < 1.29 is 22.7 Å². The molecule has 0 heterocycles. The molecule has 0 spiro atoms. The average Bonchev–Trinajstić information content (AvgIpc) is 2.92. The van der Waals surface area contributed by atoms with Gasteiger partial charge in [0.25, 0.3) is 10.0 Å². The number of carbonyl (C=O) groups excluding carboxylic acids is 2. The lowest BCUT2D eigenvalue weighted by molar-refractivity contribution is -0.140. The number of ether oxygens (including phenoxy) is 1. The van der Waals surface area contributed by atoms with E-state index < -0.39 is 28.5 Å². The van der Waals surface area contributed by atoms with Crippen LogP contribution in [-0.2, 0) is 26.2 Å². The monoisotopic (exact) mass is 615 g/mol. The van der Waals surface area contributed by atoms with Crippen molar-refractivity contribution in [2.24, 2.45) is 0 Å². The highest BCUT2D eigenvalue weighted by molar-refractivity contribution is 9.10. The molecule has 2 amide bonds. The van der Waals surface area contributed by atoms with E-state index in [4.69, 9.17) is 4.74 Å². The minimum Gasteiger partial charge on any atom is -0.494 e. The van der Waals surface area contributed by atoms with Gasteiger partial charge in [-0.05, 0) is 74.4 Å². The summed E-state index contributed by atoms with van der Waals surface area (Å²) in [5, 5.41) is 2.63. The smallest absolute Gasteiger partial charge is 0.264 e. The zero-order valence-electron chi connectivity index (χ0n) is 22.6. The normalized spacial score (nSPS) is 11.9. The molecule has 0 fully saturated rings. The number of benzene rings is 3. The fourth-order valence-electron chi connectivity index (χ4n) is 4.23. The Labute approximate surface area is 239 Å². The van der Waals surface area contributed by atoms with Crippen molar-refractivity contribution >= 4 is 43.5 Å². The topological polar surface area (TPSA) is 96.0 Å². The second kappa shape index (κ2) is 13.6. The SMILES string of the molecule is CCOc1ccc(N(CC(=O)N(Cc2cccc(C)c2)[C@H](CC)C(=O)NC)S(=O)(=O)c2ccc(Br)cc2)cc1. The molecule has 1 N–H and O–H groups in total. The number of nitrogens with zero attached hydrogens (tertiary/aromatic N) is 2. The first-order valence-corrected chi connectivity index (χ1v) is 14.9. The van der Waals surface area contributed by atoms with Gasteiger partial charge in [0.15, 0.2) is 0 Å². The third-order valence-electron chi connectivity index (χ3n) is 6.18. The highest BCUT2D eigenvalue weighted by Gasteiger charge is 2.33. The van der Waals surface area contributed by atoms with Crippen molar-refractivity contribution in [2.75, 3.05) is 24.5 Å². The Bertz CT molecular complexity index is 1380. The lowest BCUT2D eigenvalue weighted by Crippen LogP contribution is -2.51. The number of carbonyl (C=O) groups is 2. The molecule has 208 valence electrons. The zero-order chi connectivity index (χ0) is 28.6. The largest absolute Gasteiger partial charge is 0.494 e. The van der Waals surface area contributed by atoms with Gasteiger partial charge in [-0.25, -0.2) is 8.42 Å². The van der Waals surface area contributed by atoms with Gasteiger partial charge in [-0.2, -0.15) is 0 Å². The Hall–Kier alpha value is -3.37. The highest BCUT2D eigenvalue weighted by Crippen LogP contribution is 2.27. The number of anilines is 1. The van der Waals surface area contributed by atoms with Crippen molar-refractivity contribution in [1.82, 2.24) is 10.2 Å². The van der Waals surface area contributed by atoms with Gasteiger partial charge in [0.1, 0.15) is 18.3 Å². The molecule has 0 saturated carbocycles. The van der Waals surface area contributed by atoms with Gasteiger partial charge in [-0.1, -0.05) is 52.7 Å². The molecule has 10 heteroatoms. The zero-order valence-corrected chi connectivity index (χ0v) is 25.0. The second-order valence-corrected chi connectivity index (χ2v) is 11.7. The molecule has 0 radical (unpaired) electrons. The number of hydrogen-bond donors (Lipinski definition) is 1. The van der Waals surface area contributed by atoms with E-state index >= 15 is 0 Å². The predicted octanol–water partition coefficient (Wildman–Crippen LogP) is 4.90. The Kier molecular flexibility index (Phi) is 10.5. The molecule has 1 atom stereocenters.